The Morgan fingerprint density at radius 3 is 2.62 bits per heavy atom. The van der Waals surface area contributed by atoms with Crippen molar-refractivity contribution in [1.82, 2.24) is 9.88 Å². The molecule has 0 spiro atoms. The number of aliphatic hydroxyl groups is 1. The van der Waals surface area contributed by atoms with Crippen molar-refractivity contribution in [3.8, 4) is 0 Å². The van der Waals surface area contributed by atoms with E-state index in [0.717, 1.165) is 5.56 Å². The molecule has 2 rings (SSSR count). The van der Waals surface area contributed by atoms with Crippen molar-refractivity contribution in [2.45, 2.75) is 25.4 Å². The first kappa shape index (κ1) is 11.1. The summed E-state index contributed by atoms with van der Waals surface area (Å²) in [4.78, 5) is 17.6. The third-order valence-electron chi connectivity index (χ3n) is 2.92. The van der Waals surface area contributed by atoms with E-state index < -0.39 is 0 Å². The van der Waals surface area contributed by atoms with Gasteiger partial charge in [0, 0.05) is 25.5 Å². The van der Waals surface area contributed by atoms with Crippen LogP contribution < -0.4 is 0 Å². The van der Waals surface area contributed by atoms with Crippen molar-refractivity contribution in [2.24, 2.45) is 0 Å². The Hall–Kier alpha value is -1.42. The molecule has 86 valence electrons. The highest BCUT2D eigenvalue weighted by Crippen LogP contribution is 2.11. The normalized spacial score (nSPS) is 17.4. The van der Waals surface area contributed by atoms with E-state index in [4.69, 9.17) is 0 Å². The van der Waals surface area contributed by atoms with Crippen molar-refractivity contribution in [3.05, 3.63) is 30.1 Å². The van der Waals surface area contributed by atoms with Crippen LogP contribution in [0.3, 0.4) is 0 Å². The second-order valence-electron chi connectivity index (χ2n) is 4.14. The fourth-order valence-electron chi connectivity index (χ4n) is 1.90. The Kier molecular flexibility index (Phi) is 3.51. The van der Waals surface area contributed by atoms with Gasteiger partial charge in [-0.1, -0.05) is 0 Å². The van der Waals surface area contributed by atoms with Crippen molar-refractivity contribution in [2.75, 3.05) is 13.1 Å². The Bertz CT molecular complexity index is 345. The molecule has 0 aliphatic carbocycles. The van der Waals surface area contributed by atoms with E-state index in [1.807, 2.05) is 17.0 Å². The number of piperidine rings is 1. The monoisotopic (exact) mass is 220 g/mol. The lowest BCUT2D eigenvalue weighted by molar-refractivity contribution is -0.132. The van der Waals surface area contributed by atoms with Gasteiger partial charge in [0.05, 0.1) is 12.5 Å². The molecule has 1 saturated heterocycles. The Balaban J connectivity index is 1.89. The highest BCUT2D eigenvalue weighted by atomic mass is 16.3. The molecule has 0 bridgehead atoms. The third kappa shape index (κ3) is 2.79. The molecular formula is C12H16N2O2. The molecule has 1 aliphatic rings. The Morgan fingerprint density at radius 1 is 1.38 bits per heavy atom. The minimum absolute atomic E-state index is 0.137. The molecule has 1 aromatic rings. The van der Waals surface area contributed by atoms with Crippen LogP contribution in [0.5, 0.6) is 0 Å². The van der Waals surface area contributed by atoms with Crippen molar-refractivity contribution >= 4 is 5.91 Å². The molecule has 0 atom stereocenters. The molecule has 1 aliphatic heterocycles. The summed E-state index contributed by atoms with van der Waals surface area (Å²) >= 11 is 0. The SMILES string of the molecule is O=C(Cc1ccncc1)N1CCC(O)CC1. The number of carbonyl (C=O) groups is 1. The maximum Gasteiger partial charge on any atom is 0.226 e. The van der Waals surface area contributed by atoms with Crippen LogP contribution in [0.2, 0.25) is 0 Å². The zero-order valence-corrected chi connectivity index (χ0v) is 9.17. The zero-order chi connectivity index (χ0) is 11.4. The molecule has 0 saturated carbocycles. The fraction of sp³-hybridized carbons (Fsp3) is 0.500. The number of pyridine rings is 1. The first-order valence-corrected chi connectivity index (χ1v) is 5.60. The standard InChI is InChI=1S/C12H16N2O2/c15-11-3-7-14(8-4-11)12(16)9-10-1-5-13-6-2-10/h1-2,5-6,11,15H,3-4,7-9H2. The van der Waals surface area contributed by atoms with E-state index in [1.54, 1.807) is 12.4 Å². The third-order valence-corrected chi connectivity index (χ3v) is 2.92. The first-order valence-electron chi connectivity index (χ1n) is 5.60. The second-order valence-corrected chi connectivity index (χ2v) is 4.14. The number of likely N-dealkylation sites (tertiary alicyclic amines) is 1. The summed E-state index contributed by atoms with van der Waals surface area (Å²) in [7, 11) is 0. The fourth-order valence-corrected chi connectivity index (χ4v) is 1.90. The lowest BCUT2D eigenvalue weighted by atomic mass is 10.1. The molecule has 1 aromatic heterocycles. The van der Waals surface area contributed by atoms with Crippen LogP contribution in [-0.2, 0) is 11.2 Å². The maximum absolute atomic E-state index is 11.9. The van der Waals surface area contributed by atoms with Gasteiger partial charge in [-0.15, -0.1) is 0 Å². The van der Waals surface area contributed by atoms with E-state index in [9.17, 15) is 9.90 Å². The highest BCUT2D eigenvalue weighted by Gasteiger charge is 2.20. The number of carbonyl (C=O) groups excluding carboxylic acids is 1. The average molecular weight is 220 g/mol. The van der Waals surface area contributed by atoms with Crippen molar-refractivity contribution in [3.63, 3.8) is 0 Å². The Labute approximate surface area is 94.9 Å². The smallest absolute Gasteiger partial charge is 0.226 e. The number of hydrogen-bond acceptors (Lipinski definition) is 3. The van der Waals surface area contributed by atoms with Gasteiger partial charge in [0.2, 0.25) is 5.91 Å². The summed E-state index contributed by atoms with van der Waals surface area (Å²) < 4.78 is 0. The molecule has 4 heteroatoms. The van der Waals surface area contributed by atoms with E-state index >= 15 is 0 Å². The van der Waals surface area contributed by atoms with Gasteiger partial charge < -0.3 is 10.0 Å². The van der Waals surface area contributed by atoms with Crippen LogP contribution in [0.1, 0.15) is 18.4 Å². The summed E-state index contributed by atoms with van der Waals surface area (Å²) in [6, 6.07) is 3.72. The number of aliphatic hydroxyl groups excluding tert-OH is 1. The van der Waals surface area contributed by atoms with Gasteiger partial charge in [0.25, 0.3) is 0 Å². The first-order chi connectivity index (χ1) is 7.75. The van der Waals surface area contributed by atoms with Gasteiger partial charge in [-0.25, -0.2) is 0 Å². The van der Waals surface area contributed by atoms with Crippen LogP contribution in [0.25, 0.3) is 0 Å². The molecule has 16 heavy (non-hydrogen) atoms. The highest BCUT2D eigenvalue weighted by molar-refractivity contribution is 5.78. The summed E-state index contributed by atoms with van der Waals surface area (Å²) in [5.74, 6) is 0.137. The van der Waals surface area contributed by atoms with Crippen LogP contribution in [0, 0.1) is 0 Å². The summed E-state index contributed by atoms with van der Waals surface area (Å²) in [5.41, 5.74) is 0.992. The topological polar surface area (TPSA) is 53.4 Å². The van der Waals surface area contributed by atoms with E-state index in [-0.39, 0.29) is 12.0 Å². The number of amides is 1. The average Bonchev–Trinajstić information content (AvgIpc) is 2.31. The number of aromatic nitrogens is 1. The van der Waals surface area contributed by atoms with Gasteiger partial charge in [-0.05, 0) is 30.5 Å². The number of hydrogen-bond donors (Lipinski definition) is 1. The molecule has 1 fully saturated rings. The quantitative estimate of drug-likeness (QED) is 0.794. The Morgan fingerprint density at radius 2 is 2.00 bits per heavy atom. The zero-order valence-electron chi connectivity index (χ0n) is 9.17. The van der Waals surface area contributed by atoms with Gasteiger partial charge in [-0.2, -0.15) is 0 Å². The van der Waals surface area contributed by atoms with E-state index in [0.29, 0.717) is 32.4 Å². The van der Waals surface area contributed by atoms with Gasteiger partial charge in [0.1, 0.15) is 0 Å². The molecule has 0 aromatic carbocycles. The summed E-state index contributed by atoms with van der Waals surface area (Å²) in [6.07, 6.45) is 4.98. The molecule has 2 heterocycles. The molecule has 1 N–H and O–H groups in total. The molecule has 4 nitrogen and oxygen atoms in total. The van der Waals surface area contributed by atoms with Crippen molar-refractivity contribution in [1.29, 1.82) is 0 Å². The van der Waals surface area contributed by atoms with E-state index in [2.05, 4.69) is 4.98 Å². The van der Waals surface area contributed by atoms with Gasteiger partial charge in [0.15, 0.2) is 0 Å². The molecule has 0 unspecified atom stereocenters. The van der Waals surface area contributed by atoms with E-state index in [1.165, 1.54) is 0 Å². The predicted molar refractivity (Wildman–Crippen MR) is 59.8 cm³/mol. The minimum atomic E-state index is -0.232. The van der Waals surface area contributed by atoms with Crippen molar-refractivity contribution < 1.29 is 9.90 Å². The summed E-state index contributed by atoms with van der Waals surface area (Å²) in [6.45, 7) is 1.34. The lowest BCUT2D eigenvalue weighted by Crippen LogP contribution is -2.40. The predicted octanol–water partition coefficient (Wildman–Crippen LogP) is 0.607. The largest absolute Gasteiger partial charge is 0.393 e. The maximum atomic E-state index is 11.9. The number of rotatable bonds is 2. The summed E-state index contributed by atoms with van der Waals surface area (Å²) in [5, 5.41) is 9.35. The van der Waals surface area contributed by atoms with Crippen LogP contribution in [0.4, 0.5) is 0 Å². The second kappa shape index (κ2) is 5.07. The van der Waals surface area contributed by atoms with Gasteiger partial charge >= 0.3 is 0 Å². The van der Waals surface area contributed by atoms with Crippen LogP contribution >= 0.6 is 0 Å². The van der Waals surface area contributed by atoms with Crippen LogP contribution in [0.15, 0.2) is 24.5 Å². The van der Waals surface area contributed by atoms with Gasteiger partial charge in [-0.3, -0.25) is 9.78 Å². The van der Waals surface area contributed by atoms with Crippen LogP contribution in [-0.4, -0.2) is 40.1 Å². The lowest BCUT2D eigenvalue weighted by Gasteiger charge is -2.29. The molecule has 1 amide bonds. The minimum Gasteiger partial charge on any atom is -0.393 e. The number of nitrogens with zero attached hydrogens (tertiary/aromatic N) is 2. The molecular weight excluding hydrogens is 204 g/mol. The molecule has 0 radical (unpaired) electrons.